The van der Waals surface area contributed by atoms with E-state index in [2.05, 4.69) is 5.10 Å². The van der Waals surface area contributed by atoms with Crippen molar-refractivity contribution in [1.82, 2.24) is 0 Å². The highest BCUT2D eigenvalue weighted by Gasteiger charge is 2.08. The van der Waals surface area contributed by atoms with Gasteiger partial charge < -0.3 is 5.73 Å². The lowest BCUT2D eigenvalue weighted by atomic mass is 10.1. The van der Waals surface area contributed by atoms with Crippen molar-refractivity contribution in [3.8, 4) is 0 Å². The highest BCUT2D eigenvalue weighted by Crippen LogP contribution is 2.19. The van der Waals surface area contributed by atoms with E-state index in [0.29, 0.717) is 12.2 Å². The Morgan fingerprint density at radius 1 is 1.24 bits per heavy atom. The van der Waals surface area contributed by atoms with Crippen LogP contribution < -0.4 is 10.7 Å². The second-order valence-electron chi connectivity index (χ2n) is 4.97. The SMILES string of the molecule is CCN(/N=C(\C)c1cc(C)ccc1N)c1cccc(F)c1. The molecule has 0 amide bonds. The van der Waals surface area contributed by atoms with Gasteiger partial charge in [-0.25, -0.2) is 4.39 Å². The summed E-state index contributed by atoms with van der Waals surface area (Å²) in [5.41, 5.74) is 10.3. The molecule has 4 heteroatoms. The number of hydrazone groups is 1. The molecule has 0 spiro atoms. The second-order valence-corrected chi connectivity index (χ2v) is 4.97. The maximum Gasteiger partial charge on any atom is 0.125 e. The summed E-state index contributed by atoms with van der Waals surface area (Å²) >= 11 is 0. The summed E-state index contributed by atoms with van der Waals surface area (Å²) in [5, 5.41) is 6.35. The third kappa shape index (κ3) is 3.60. The minimum Gasteiger partial charge on any atom is -0.398 e. The topological polar surface area (TPSA) is 41.6 Å². The Kier molecular flexibility index (Phi) is 4.58. The van der Waals surface area contributed by atoms with Gasteiger partial charge in [0, 0.05) is 17.8 Å². The molecule has 0 aliphatic heterocycles. The van der Waals surface area contributed by atoms with Gasteiger partial charge in [0.15, 0.2) is 0 Å². The Bertz CT molecular complexity index is 665. The van der Waals surface area contributed by atoms with Crippen LogP contribution in [0.25, 0.3) is 0 Å². The highest BCUT2D eigenvalue weighted by atomic mass is 19.1. The average Bonchev–Trinajstić information content (AvgIpc) is 2.47. The van der Waals surface area contributed by atoms with Gasteiger partial charge in [-0.05, 0) is 51.1 Å². The first-order valence-electron chi connectivity index (χ1n) is 6.96. The molecule has 0 saturated carbocycles. The van der Waals surface area contributed by atoms with Gasteiger partial charge in [-0.2, -0.15) is 5.10 Å². The van der Waals surface area contributed by atoms with Crippen molar-refractivity contribution < 1.29 is 4.39 Å². The Balaban J connectivity index is 2.37. The molecule has 110 valence electrons. The summed E-state index contributed by atoms with van der Waals surface area (Å²) in [6.07, 6.45) is 0. The normalized spacial score (nSPS) is 11.5. The van der Waals surface area contributed by atoms with Crippen molar-refractivity contribution in [1.29, 1.82) is 0 Å². The number of hydrogen-bond acceptors (Lipinski definition) is 3. The molecule has 2 N–H and O–H groups in total. The molecular formula is C17H20FN3. The van der Waals surface area contributed by atoms with E-state index in [0.717, 1.165) is 22.5 Å². The minimum absolute atomic E-state index is 0.270. The summed E-state index contributed by atoms with van der Waals surface area (Å²) in [4.78, 5) is 0. The van der Waals surface area contributed by atoms with Crippen LogP contribution >= 0.6 is 0 Å². The van der Waals surface area contributed by atoms with Gasteiger partial charge in [0.2, 0.25) is 0 Å². The molecule has 0 aliphatic carbocycles. The number of nitrogen functional groups attached to an aromatic ring is 1. The summed E-state index contributed by atoms with van der Waals surface area (Å²) in [6, 6.07) is 12.3. The maximum absolute atomic E-state index is 13.3. The molecule has 0 bridgehead atoms. The number of anilines is 2. The smallest absolute Gasteiger partial charge is 0.125 e. The summed E-state index contributed by atoms with van der Waals surface area (Å²) in [6.45, 7) is 6.54. The molecule has 0 atom stereocenters. The number of hydrogen-bond donors (Lipinski definition) is 1. The largest absolute Gasteiger partial charge is 0.398 e. The van der Waals surface area contributed by atoms with Crippen LogP contribution in [0.3, 0.4) is 0 Å². The standard InChI is InChI=1S/C17H20FN3/c1-4-21(15-7-5-6-14(18)11-15)20-13(3)16-10-12(2)8-9-17(16)19/h5-11H,4,19H2,1-3H3/b20-13+. The van der Waals surface area contributed by atoms with Crippen molar-refractivity contribution >= 4 is 17.1 Å². The van der Waals surface area contributed by atoms with Crippen LogP contribution in [0.4, 0.5) is 15.8 Å². The Hall–Kier alpha value is -2.36. The van der Waals surface area contributed by atoms with Crippen LogP contribution in [0.15, 0.2) is 47.6 Å². The third-order valence-electron chi connectivity index (χ3n) is 3.28. The van der Waals surface area contributed by atoms with E-state index >= 15 is 0 Å². The van der Waals surface area contributed by atoms with Gasteiger partial charge in [0.05, 0.1) is 11.4 Å². The van der Waals surface area contributed by atoms with Gasteiger partial charge in [-0.1, -0.05) is 17.7 Å². The molecule has 0 aromatic heterocycles. The average molecular weight is 285 g/mol. The van der Waals surface area contributed by atoms with E-state index < -0.39 is 0 Å². The fourth-order valence-corrected chi connectivity index (χ4v) is 2.17. The van der Waals surface area contributed by atoms with E-state index in [4.69, 9.17) is 5.73 Å². The van der Waals surface area contributed by atoms with Gasteiger partial charge >= 0.3 is 0 Å². The van der Waals surface area contributed by atoms with Crippen LogP contribution in [-0.4, -0.2) is 12.3 Å². The van der Waals surface area contributed by atoms with Crippen LogP contribution in [0, 0.1) is 12.7 Å². The fourth-order valence-electron chi connectivity index (χ4n) is 2.17. The Morgan fingerprint density at radius 3 is 2.67 bits per heavy atom. The van der Waals surface area contributed by atoms with E-state index in [1.807, 2.05) is 45.0 Å². The highest BCUT2D eigenvalue weighted by molar-refractivity contribution is 6.03. The van der Waals surface area contributed by atoms with Gasteiger partial charge in [0.25, 0.3) is 0 Å². The molecule has 2 aromatic carbocycles. The lowest BCUT2D eigenvalue weighted by molar-refractivity contribution is 0.627. The zero-order chi connectivity index (χ0) is 15.4. The Labute approximate surface area is 124 Å². The van der Waals surface area contributed by atoms with Crippen molar-refractivity contribution in [2.24, 2.45) is 5.10 Å². The van der Waals surface area contributed by atoms with Crippen molar-refractivity contribution in [3.05, 3.63) is 59.4 Å². The number of benzene rings is 2. The van der Waals surface area contributed by atoms with E-state index in [1.54, 1.807) is 11.1 Å². The zero-order valence-corrected chi connectivity index (χ0v) is 12.6. The third-order valence-corrected chi connectivity index (χ3v) is 3.28. The number of nitrogens with two attached hydrogens (primary N) is 1. The summed E-state index contributed by atoms with van der Waals surface area (Å²) < 4.78 is 13.3. The molecule has 2 rings (SSSR count). The summed E-state index contributed by atoms with van der Waals surface area (Å²) in [5.74, 6) is -0.270. The predicted octanol–water partition coefficient (Wildman–Crippen LogP) is 3.97. The number of aryl methyl sites for hydroxylation is 1. The second kappa shape index (κ2) is 6.39. The lowest BCUT2D eigenvalue weighted by Crippen LogP contribution is -2.18. The first-order valence-corrected chi connectivity index (χ1v) is 6.96. The number of halogens is 1. The Morgan fingerprint density at radius 2 is 2.00 bits per heavy atom. The fraction of sp³-hybridized carbons (Fsp3) is 0.235. The molecule has 0 saturated heterocycles. The first kappa shape index (κ1) is 15.0. The molecule has 21 heavy (non-hydrogen) atoms. The monoisotopic (exact) mass is 285 g/mol. The van der Waals surface area contributed by atoms with Gasteiger partial charge in [-0.3, -0.25) is 5.01 Å². The van der Waals surface area contributed by atoms with E-state index in [1.165, 1.54) is 12.1 Å². The zero-order valence-electron chi connectivity index (χ0n) is 12.6. The van der Waals surface area contributed by atoms with Crippen LogP contribution in [0.1, 0.15) is 25.0 Å². The lowest BCUT2D eigenvalue weighted by Gasteiger charge is -2.19. The number of nitrogens with zero attached hydrogens (tertiary/aromatic N) is 2. The molecule has 0 aliphatic rings. The summed E-state index contributed by atoms with van der Waals surface area (Å²) in [7, 11) is 0. The molecule has 2 aromatic rings. The van der Waals surface area contributed by atoms with Crippen molar-refractivity contribution in [3.63, 3.8) is 0 Å². The molecule has 0 fully saturated rings. The predicted molar refractivity (Wildman–Crippen MR) is 87.2 cm³/mol. The first-order chi connectivity index (χ1) is 10.0. The van der Waals surface area contributed by atoms with Gasteiger partial charge in [0.1, 0.15) is 5.82 Å². The molecule has 0 unspecified atom stereocenters. The minimum atomic E-state index is -0.270. The maximum atomic E-state index is 13.3. The van der Waals surface area contributed by atoms with Crippen molar-refractivity contribution in [2.45, 2.75) is 20.8 Å². The van der Waals surface area contributed by atoms with E-state index in [9.17, 15) is 4.39 Å². The van der Waals surface area contributed by atoms with Crippen molar-refractivity contribution in [2.75, 3.05) is 17.3 Å². The quantitative estimate of drug-likeness (QED) is 0.524. The molecule has 3 nitrogen and oxygen atoms in total. The molecule has 0 heterocycles. The molecular weight excluding hydrogens is 265 g/mol. The van der Waals surface area contributed by atoms with E-state index in [-0.39, 0.29) is 5.82 Å². The number of rotatable bonds is 4. The van der Waals surface area contributed by atoms with Gasteiger partial charge in [-0.15, -0.1) is 0 Å². The van der Waals surface area contributed by atoms with Crippen LogP contribution in [0.5, 0.6) is 0 Å². The van der Waals surface area contributed by atoms with Crippen LogP contribution in [-0.2, 0) is 0 Å². The van der Waals surface area contributed by atoms with Crippen LogP contribution in [0.2, 0.25) is 0 Å². The molecule has 0 radical (unpaired) electrons.